The molecule has 174 valence electrons. The molecule has 4 rings (SSSR count). The van der Waals surface area contributed by atoms with Gasteiger partial charge in [-0.05, 0) is 53.6 Å². The fourth-order valence-corrected chi connectivity index (χ4v) is 3.34. The Labute approximate surface area is 191 Å². The number of nitrogens with one attached hydrogen (secondary N) is 2. The number of carboxylic acids is 1. The third kappa shape index (κ3) is 5.71. The molecule has 1 amide bonds. The van der Waals surface area contributed by atoms with Crippen molar-refractivity contribution >= 4 is 22.9 Å². The van der Waals surface area contributed by atoms with Gasteiger partial charge in [-0.2, -0.15) is 0 Å². The van der Waals surface area contributed by atoms with E-state index in [9.17, 15) is 22.8 Å². The smallest absolute Gasteiger partial charge is 0.478 e. The van der Waals surface area contributed by atoms with Crippen LogP contribution in [0.1, 0.15) is 37.7 Å². The van der Waals surface area contributed by atoms with Crippen LogP contribution in [-0.4, -0.2) is 33.3 Å². The summed E-state index contributed by atoms with van der Waals surface area (Å²) in [5, 5.41) is 11.7. The topological polar surface area (TPSA) is 104 Å². The first-order valence-electron chi connectivity index (χ1n) is 10.1. The number of amides is 1. The van der Waals surface area contributed by atoms with E-state index in [1.807, 2.05) is 0 Å². The number of aromatic carboxylic acids is 1. The molecule has 0 bridgehead atoms. The number of hydrogen-bond acceptors (Lipinski definition) is 4. The predicted molar refractivity (Wildman–Crippen MR) is 117 cm³/mol. The van der Waals surface area contributed by atoms with Crippen LogP contribution in [0.4, 0.5) is 13.2 Å². The Bertz CT molecular complexity index is 1330. The summed E-state index contributed by atoms with van der Waals surface area (Å²) in [6.07, 6.45) is -4.38. The van der Waals surface area contributed by atoms with E-state index in [2.05, 4.69) is 20.0 Å². The maximum Gasteiger partial charge on any atom is 0.573 e. The normalized spacial score (nSPS) is 11.4. The van der Waals surface area contributed by atoms with Gasteiger partial charge in [-0.15, -0.1) is 13.2 Å². The maximum absolute atomic E-state index is 12.5. The summed E-state index contributed by atoms with van der Waals surface area (Å²) in [5.41, 5.74) is 3.37. The van der Waals surface area contributed by atoms with E-state index >= 15 is 0 Å². The number of alkyl halides is 3. The van der Waals surface area contributed by atoms with Crippen molar-refractivity contribution in [1.29, 1.82) is 0 Å². The number of ether oxygens (including phenoxy) is 1. The van der Waals surface area contributed by atoms with Gasteiger partial charge in [0, 0.05) is 18.5 Å². The Morgan fingerprint density at radius 1 is 0.941 bits per heavy atom. The van der Waals surface area contributed by atoms with E-state index in [-0.39, 0.29) is 23.8 Å². The lowest BCUT2D eigenvalue weighted by Gasteiger charge is -2.08. The molecule has 0 fully saturated rings. The number of H-pyrrole nitrogens is 1. The number of fused-ring (bicyclic) bond motifs is 1. The summed E-state index contributed by atoms with van der Waals surface area (Å²) in [5.74, 6) is -1.03. The molecule has 7 nitrogen and oxygen atoms in total. The van der Waals surface area contributed by atoms with E-state index in [0.29, 0.717) is 28.8 Å². The zero-order valence-electron chi connectivity index (χ0n) is 17.5. The number of rotatable bonds is 7. The van der Waals surface area contributed by atoms with Gasteiger partial charge in [-0.1, -0.05) is 24.3 Å². The summed E-state index contributed by atoms with van der Waals surface area (Å²) in [7, 11) is 0. The monoisotopic (exact) mass is 469 g/mol. The van der Waals surface area contributed by atoms with E-state index in [1.54, 1.807) is 30.3 Å². The van der Waals surface area contributed by atoms with Gasteiger partial charge in [0.15, 0.2) is 0 Å². The van der Waals surface area contributed by atoms with Gasteiger partial charge in [-0.25, -0.2) is 9.78 Å². The van der Waals surface area contributed by atoms with E-state index < -0.39 is 12.3 Å². The molecule has 34 heavy (non-hydrogen) atoms. The Hall–Kier alpha value is -4.34. The minimum absolute atomic E-state index is 0.168. The lowest BCUT2D eigenvalue weighted by Crippen LogP contribution is -2.22. The molecule has 0 saturated heterocycles. The van der Waals surface area contributed by atoms with Crippen molar-refractivity contribution in [3.8, 4) is 5.75 Å². The Kier molecular flexibility index (Phi) is 6.22. The number of carboxylic acid groups (broad SMARTS) is 1. The Morgan fingerprint density at radius 3 is 2.24 bits per heavy atom. The highest BCUT2D eigenvalue weighted by molar-refractivity contribution is 5.97. The van der Waals surface area contributed by atoms with Crippen molar-refractivity contribution in [2.75, 3.05) is 0 Å². The first-order chi connectivity index (χ1) is 16.2. The molecule has 0 saturated carbocycles. The van der Waals surface area contributed by atoms with Gasteiger partial charge in [0.05, 0.1) is 16.6 Å². The Balaban J connectivity index is 1.40. The largest absolute Gasteiger partial charge is 0.573 e. The SMILES string of the molecule is O=C(O)c1ccc(CNC(=O)c2ccc3nc(Cc4ccc(OC(F)(F)F)cc4)[nH]c3c2)cc1. The number of nitrogens with zero attached hydrogens (tertiary/aromatic N) is 1. The number of aromatic amines is 1. The van der Waals surface area contributed by atoms with Gasteiger partial charge in [-0.3, -0.25) is 4.79 Å². The van der Waals surface area contributed by atoms with Crippen molar-refractivity contribution in [2.45, 2.75) is 19.3 Å². The number of imidazole rings is 1. The van der Waals surface area contributed by atoms with Crippen LogP contribution < -0.4 is 10.1 Å². The van der Waals surface area contributed by atoms with Crippen LogP contribution in [0, 0.1) is 0 Å². The lowest BCUT2D eigenvalue weighted by molar-refractivity contribution is -0.274. The van der Waals surface area contributed by atoms with Crippen molar-refractivity contribution in [3.05, 3.63) is 94.8 Å². The number of hydrogen-bond donors (Lipinski definition) is 3. The highest BCUT2D eigenvalue weighted by Gasteiger charge is 2.30. The number of aromatic nitrogens is 2. The summed E-state index contributed by atoms with van der Waals surface area (Å²) < 4.78 is 40.7. The second kappa shape index (κ2) is 9.26. The third-order valence-electron chi connectivity index (χ3n) is 4.98. The van der Waals surface area contributed by atoms with Crippen LogP contribution in [0.25, 0.3) is 11.0 Å². The molecule has 0 aliphatic rings. The zero-order chi connectivity index (χ0) is 24.3. The molecule has 3 N–H and O–H groups in total. The van der Waals surface area contributed by atoms with Gasteiger partial charge in [0.2, 0.25) is 0 Å². The van der Waals surface area contributed by atoms with Gasteiger partial charge < -0.3 is 20.1 Å². The van der Waals surface area contributed by atoms with Gasteiger partial charge >= 0.3 is 12.3 Å². The Morgan fingerprint density at radius 2 is 1.59 bits per heavy atom. The second-order valence-corrected chi connectivity index (χ2v) is 7.47. The molecular weight excluding hydrogens is 451 g/mol. The number of carbonyl (C=O) groups is 2. The molecule has 1 heterocycles. The summed E-state index contributed by atoms with van der Waals surface area (Å²) >= 11 is 0. The molecule has 1 aromatic heterocycles. The molecule has 0 radical (unpaired) electrons. The summed E-state index contributed by atoms with van der Waals surface area (Å²) in [6.45, 7) is 0.235. The third-order valence-corrected chi connectivity index (χ3v) is 4.98. The molecule has 0 atom stereocenters. The highest BCUT2D eigenvalue weighted by Crippen LogP contribution is 2.23. The predicted octanol–water partition coefficient (Wildman–Crippen LogP) is 4.68. The van der Waals surface area contributed by atoms with Gasteiger partial charge in [0.1, 0.15) is 11.6 Å². The van der Waals surface area contributed by atoms with Crippen molar-refractivity contribution in [2.24, 2.45) is 0 Å². The number of carbonyl (C=O) groups excluding carboxylic acids is 1. The first kappa shape index (κ1) is 22.8. The van der Waals surface area contributed by atoms with Gasteiger partial charge in [0.25, 0.3) is 5.91 Å². The molecular formula is C24H18F3N3O4. The average molecular weight is 469 g/mol. The van der Waals surface area contributed by atoms with Crippen molar-refractivity contribution in [3.63, 3.8) is 0 Å². The van der Waals surface area contributed by atoms with Crippen LogP contribution in [0.5, 0.6) is 5.75 Å². The first-order valence-corrected chi connectivity index (χ1v) is 10.1. The molecule has 10 heteroatoms. The molecule has 0 unspecified atom stereocenters. The number of benzene rings is 3. The second-order valence-electron chi connectivity index (χ2n) is 7.47. The summed E-state index contributed by atoms with van der Waals surface area (Å²) in [6, 6.07) is 16.7. The quantitative estimate of drug-likeness (QED) is 0.365. The fraction of sp³-hybridized carbons (Fsp3) is 0.125. The standard InChI is InChI=1S/C24H18F3N3O4/c25-24(26,27)34-18-8-3-14(4-9-18)11-21-29-19-10-7-17(12-20(19)30-21)22(31)28-13-15-1-5-16(6-2-15)23(32)33/h1-10,12H,11,13H2,(H,28,31)(H,29,30)(H,32,33). The van der Waals surface area contributed by atoms with Crippen molar-refractivity contribution < 1.29 is 32.6 Å². The van der Waals surface area contributed by atoms with E-state index in [0.717, 1.165) is 11.1 Å². The minimum Gasteiger partial charge on any atom is -0.478 e. The number of halogens is 3. The fourth-order valence-electron chi connectivity index (χ4n) is 3.34. The van der Waals surface area contributed by atoms with Crippen LogP contribution >= 0.6 is 0 Å². The maximum atomic E-state index is 12.5. The summed E-state index contributed by atoms with van der Waals surface area (Å²) in [4.78, 5) is 31.0. The van der Waals surface area contributed by atoms with E-state index in [1.165, 1.54) is 36.4 Å². The molecule has 0 aliphatic heterocycles. The van der Waals surface area contributed by atoms with Crippen LogP contribution in [-0.2, 0) is 13.0 Å². The van der Waals surface area contributed by atoms with Crippen LogP contribution in [0.2, 0.25) is 0 Å². The molecule has 3 aromatic carbocycles. The molecule has 4 aromatic rings. The average Bonchev–Trinajstić information content (AvgIpc) is 3.19. The van der Waals surface area contributed by atoms with Crippen LogP contribution in [0.3, 0.4) is 0 Å². The molecule has 0 spiro atoms. The highest BCUT2D eigenvalue weighted by atomic mass is 19.4. The van der Waals surface area contributed by atoms with Crippen LogP contribution in [0.15, 0.2) is 66.7 Å². The van der Waals surface area contributed by atoms with E-state index in [4.69, 9.17) is 5.11 Å². The minimum atomic E-state index is -4.74. The lowest BCUT2D eigenvalue weighted by atomic mass is 10.1. The molecule has 0 aliphatic carbocycles. The zero-order valence-corrected chi connectivity index (χ0v) is 17.5. The van der Waals surface area contributed by atoms with Crippen molar-refractivity contribution in [1.82, 2.24) is 15.3 Å².